The summed E-state index contributed by atoms with van der Waals surface area (Å²) in [6.07, 6.45) is 4.25. The summed E-state index contributed by atoms with van der Waals surface area (Å²) >= 11 is 0. The van der Waals surface area contributed by atoms with Gasteiger partial charge in [0, 0.05) is 36.6 Å². The third-order valence-corrected chi connectivity index (χ3v) is 7.52. The van der Waals surface area contributed by atoms with E-state index in [0.717, 1.165) is 48.7 Å². The zero-order chi connectivity index (χ0) is 23.7. The number of phenolic OH excluding ortho intramolecular Hbond substituents is 1. The highest BCUT2D eigenvalue weighted by Crippen LogP contribution is 2.50. The number of aryl methyl sites for hydroxylation is 1. The van der Waals surface area contributed by atoms with Crippen molar-refractivity contribution in [3.63, 3.8) is 0 Å². The molecule has 0 spiro atoms. The number of benzene rings is 3. The maximum Gasteiger partial charge on any atom is 0.147 e. The molecule has 1 heterocycles. The van der Waals surface area contributed by atoms with Crippen molar-refractivity contribution in [3.8, 4) is 11.5 Å². The Morgan fingerprint density at radius 3 is 2.47 bits per heavy atom. The maximum absolute atomic E-state index is 15.6. The third-order valence-electron chi connectivity index (χ3n) is 7.52. The zero-order valence-electron chi connectivity index (χ0n) is 19.4. The summed E-state index contributed by atoms with van der Waals surface area (Å²) in [5.41, 5.74) is 4.78. The van der Waals surface area contributed by atoms with Crippen LogP contribution >= 0.6 is 0 Å². The number of methoxy groups -OCH3 is 1. The fourth-order valence-corrected chi connectivity index (χ4v) is 5.75. The van der Waals surface area contributed by atoms with E-state index >= 15 is 4.39 Å². The highest BCUT2D eigenvalue weighted by molar-refractivity contribution is 5.60. The average molecular weight is 460 g/mol. The summed E-state index contributed by atoms with van der Waals surface area (Å²) in [5, 5.41) is 10.1. The van der Waals surface area contributed by atoms with Crippen molar-refractivity contribution in [1.82, 2.24) is 0 Å². The molecule has 1 saturated heterocycles. The Labute approximate surface area is 200 Å². The number of anilines is 1. The van der Waals surface area contributed by atoms with Crippen molar-refractivity contribution in [2.24, 2.45) is 5.92 Å². The second kappa shape index (κ2) is 9.49. The average Bonchev–Trinajstić information content (AvgIpc) is 2.88. The number of nitrogens with zero attached hydrogens (tertiary/aromatic N) is 1. The first-order valence-electron chi connectivity index (χ1n) is 12.0. The van der Waals surface area contributed by atoms with E-state index in [0.29, 0.717) is 24.5 Å². The monoisotopic (exact) mass is 459 g/mol. The number of piperidine rings is 1. The predicted octanol–water partition coefficient (Wildman–Crippen LogP) is 5.82. The molecule has 5 rings (SSSR count). The van der Waals surface area contributed by atoms with Gasteiger partial charge in [0.2, 0.25) is 0 Å². The summed E-state index contributed by atoms with van der Waals surface area (Å²) in [6, 6.07) is 19.4. The second-order valence-corrected chi connectivity index (χ2v) is 9.42. The number of carbonyl (C=O) groups is 1. The molecule has 3 aromatic carbocycles. The van der Waals surface area contributed by atoms with Crippen LogP contribution in [0.25, 0.3) is 0 Å². The standard InChI is InChI=1S/C29H30FNO3/c1-34-28-17-27(31-13-11-19(18-32)12-14-31)26(30)16-25(28)29-23(20-5-3-2-4-6-20)9-7-21-15-22(33)8-10-24(21)29/h2-6,8,10,15-19,23,29,33H,7,9,11-14H2,1H3/t23-,29+/m1/s1. The molecule has 1 fully saturated rings. The Balaban J connectivity index is 1.60. The molecule has 176 valence electrons. The lowest BCUT2D eigenvalue weighted by atomic mass is 9.69. The molecular formula is C29H30FNO3. The van der Waals surface area contributed by atoms with Crippen molar-refractivity contribution in [3.05, 3.63) is 88.7 Å². The van der Waals surface area contributed by atoms with Crippen LogP contribution in [0.15, 0.2) is 60.7 Å². The fraction of sp³-hybridized carbons (Fsp3) is 0.345. The van der Waals surface area contributed by atoms with Crippen LogP contribution in [0.2, 0.25) is 0 Å². The van der Waals surface area contributed by atoms with E-state index in [-0.39, 0.29) is 29.3 Å². The van der Waals surface area contributed by atoms with Gasteiger partial charge in [-0.3, -0.25) is 0 Å². The minimum absolute atomic E-state index is 0.0577. The number of hydrogen-bond acceptors (Lipinski definition) is 4. The lowest BCUT2D eigenvalue weighted by Crippen LogP contribution is -2.34. The third kappa shape index (κ3) is 4.15. The number of aromatic hydroxyl groups is 1. The molecule has 34 heavy (non-hydrogen) atoms. The molecule has 0 unspecified atom stereocenters. The van der Waals surface area contributed by atoms with Crippen LogP contribution in [0, 0.1) is 11.7 Å². The van der Waals surface area contributed by atoms with Crippen LogP contribution in [0.4, 0.5) is 10.1 Å². The maximum atomic E-state index is 15.6. The molecule has 0 saturated carbocycles. The molecule has 1 N–H and O–H groups in total. The van der Waals surface area contributed by atoms with Crippen molar-refractivity contribution in [2.75, 3.05) is 25.1 Å². The molecule has 1 aliphatic heterocycles. The Morgan fingerprint density at radius 1 is 1.00 bits per heavy atom. The number of halogens is 1. The first-order valence-corrected chi connectivity index (χ1v) is 12.0. The summed E-state index contributed by atoms with van der Waals surface area (Å²) in [7, 11) is 1.64. The lowest BCUT2D eigenvalue weighted by molar-refractivity contribution is -0.111. The van der Waals surface area contributed by atoms with Gasteiger partial charge in [0.1, 0.15) is 23.6 Å². The molecule has 2 aliphatic rings. The van der Waals surface area contributed by atoms with Gasteiger partial charge in [0.05, 0.1) is 12.8 Å². The number of fused-ring (bicyclic) bond motifs is 1. The highest BCUT2D eigenvalue weighted by Gasteiger charge is 2.35. The molecule has 5 heteroatoms. The topological polar surface area (TPSA) is 49.8 Å². The number of rotatable bonds is 5. The van der Waals surface area contributed by atoms with Gasteiger partial charge in [0.25, 0.3) is 0 Å². The molecule has 0 bridgehead atoms. The molecule has 0 amide bonds. The van der Waals surface area contributed by atoms with Crippen LogP contribution in [0.3, 0.4) is 0 Å². The Hall–Kier alpha value is -3.34. The number of ether oxygens (including phenoxy) is 1. The van der Waals surface area contributed by atoms with Crippen molar-refractivity contribution in [1.29, 1.82) is 0 Å². The molecule has 0 aromatic heterocycles. The van der Waals surface area contributed by atoms with Crippen LogP contribution in [0.1, 0.15) is 53.4 Å². The van der Waals surface area contributed by atoms with E-state index in [1.54, 1.807) is 19.2 Å². The predicted molar refractivity (Wildman–Crippen MR) is 131 cm³/mol. The van der Waals surface area contributed by atoms with Crippen molar-refractivity contribution in [2.45, 2.75) is 37.5 Å². The molecule has 2 atom stereocenters. The van der Waals surface area contributed by atoms with E-state index in [4.69, 9.17) is 4.74 Å². The quantitative estimate of drug-likeness (QED) is 0.489. The van der Waals surface area contributed by atoms with Gasteiger partial charge in [-0.25, -0.2) is 4.39 Å². The van der Waals surface area contributed by atoms with E-state index in [2.05, 4.69) is 12.1 Å². The smallest absolute Gasteiger partial charge is 0.147 e. The van der Waals surface area contributed by atoms with Crippen LogP contribution in [0.5, 0.6) is 11.5 Å². The minimum Gasteiger partial charge on any atom is -0.508 e. The fourth-order valence-electron chi connectivity index (χ4n) is 5.75. The summed E-state index contributed by atoms with van der Waals surface area (Å²) < 4.78 is 21.5. The Kier molecular flexibility index (Phi) is 6.27. The van der Waals surface area contributed by atoms with E-state index in [1.165, 1.54) is 5.56 Å². The van der Waals surface area contributed by atoms with E-state index in [1.807, 2.05) is 41.3 Å². The van der Waals surface area contributed by atoms with Gasteiger partial charge in [-0.15, -0.1) is 0 Å². The van der Waals surface area contributed by atoms with Gasteiger partial charge in [-0.1, -0.05) is 36.4 Å². The SMILES string of the molecule is COc1cc(N2CCC(C=O)CC2)c(F)cc1[C@@H]1c2ccc(O)cc2CC[C@@H]1c1ccccc1. The largest absolute Gasteiger partial charge is 0.508 e. The molecule has 1 aliphatic carbocycles. The first-order chi connectivity index (χ1) is 16.6. The van der Waals surface area contributed by atoms with Gasteiger partial charge in [-0.05, 0) is 66.5 Å². The van der Waals surface area contributed by atoms with Crippen LogP contribution in [-0.4, -0.2) is 31.6 Å². The van der Waals surface area contributed by atoms with E-state index in [9.17, 15) is 9.90 Å². The minimum atomic E-state index is -0.266. The number of carbonyl (C=O) groups excluding carboxylic acids is 1. The Bertz CT molecular complexity index is 1170. The molecule has 0 radical (unpaired) electrons. The second-order valence-electron chi connectivity index (χ2n) is 9.42. The van der Waals surface area contributed by atoms with Gasteiger partial charge in [0.15, 0.2) is 0 Å². The lowest BCUT2D eigenvalue weighted by Gasteiger charge is -2.36. The van der Waals surface area contributed by atoms with Gasteiger partial charge >= 0.3 is 0 Å². The van der Waals surface area contributed by atoms with Gasteiger partial charge < -0.3 is 19.5 Å². The van der Waals surface area contributed by atoms with Crippen molar-refractivity contribution >= 4 is 12.0 Å². The van der Waals surface area contributed by atoms with Crippen LogP contribution < -0.4 is 9.64 Å². The number of phenols is 1. The van der Waals surface area contributed by atoms with Gasteiger partial charge in [-0.2, -0.15) is 0 Å². The number of hydrogen-bond donors (Lipinski definition) is 1. The zero-order valence-corrected chi connectivity index (χ0v) is 19.4. The molecule has 3 aromatic rings. The summed E-state index contributed by atoms with van der Waals surface area (Å²) in [5.74, 6) is 0.788. The summed E-state index contributed by atoms with van der Waals surface area (Å²) in [6.45, 7) is 1.31. The van der Waals surface area contributed by atoms with Crippen molar-refractivity contribution < 1.29 is 19.0 Å². The first kappa shape index (κ1) is 22.5. The number of aldehydes is 1. The summed E-state index contributed by atoms with van der Waals surface area (Å²) in [4.78, 5) is 13.1. The highest BCUT2D eigenvalue weighted by atomic mass is 19.1. The van der Waals surface area contributed by atoms with Crippen LogP contribution in [-0.2, 0) is 11.2 Å². The van der Waals surface area contributed by atoms with E-state index < -0.39 is 0 Å². The molecular weight excluding hydrogens is 429 g/mol. The Morgan fingerprint density at radius 2 is 1.76 bits per heavy atom. The molecule has 4 nitrogen and oxygen atoms in total. The normalized spacial score (nSPS) is 20.6.